The van der Waals surface area contributed by atoms with Gasteiger partial charge in [0.25, 0.3) is 0 Å². The van der Waals surface area contributed by atoms with Gasteiger partial charge in [0, 0.05) is 31.9 Å². The molecule has 0 bridgehead atoms. The fourth-order valence-corrected chi connectivity index (χ4v) is 3.35. The van der Waals surface area contributed by atoms with E-state index in [1.54, 1.807) is 18.2 Å². The fraction of sp³-hybridized carbons (Fsp3) is 0.263. The van der Waals surface area contributed by atoms with E-state index < -0.39 is 11.7 Å². The van der Waals surface area contributed by atoms with E-state index in [-0.39, 0.29) is 5.82 Å². The van der Waals surface area contributed by atoms with E-state index in [0.717, 1.165) is 12.1 Å². The van der Waals surface area contributed by atoms with Crippen LogP contribution in [0.25, 0.3) is 10.9 Å². The molecule has 140 valence electrons. The van der Waals surface area contributed by atoms with Crippen LogP contribution in [-0.2, 0) is 6.18 Å². The molecule has 0 unspecified atom stereocenters. The Morgan fingerprint density at radius 3 is 2.30 bits per heavy atom. The van der Waals surface area contributed by atoms with Crippen LogP contribution < -0.4 is 9.80 Å². The number of nitrogens with zero attached hydrogens (tertiary/aromatic N) is 4. The van der Waals surface area contributed by atoms with Crippen molar-refractivity contribution < 1.29 is 17.6 Å². The molecule has 1 aliphatic heterocycles. The molecule has 1 saturated heterocycles. The lowest BCUT2D eigenvalue weighted by molar-refractivity contribution is -0.137. The number of rotatable bonds is 2. The van der Waals surface area contributed by atoms with Crippen LogP contribution in [0.4, 0.5) is 29.1 Å². The zero-order chi connectivity index (χ0) is 19.0. The number of hydrogen-bond acceptors (Lipinski definition) is 4. The summed E-state index contributed by atoms with van der Waals surface area (Å²) in [5.41, 5.74) is 0.398. The average molecular weight is 376 g/mol. The first-order chi connectivity index (χ1) is 12.9. The number of alkyl halides is 3. The highest BCUT2D eigenvalue weighted by Gasteiger charge is 2.31. The topological polar surface area (TPSA) is 32.3 Å². The van der Waals surface area contributed by atoms with Gasteiger partial charge in [-0.1, -0.05) is 12.1 Å². The minimum absolute atomic E-state index is 0.368. The van der Waals surface area contributed by atoms with Crippen LogP contribution in [-0.4, -0.2) is 36.1 Å². The zero-order valence-electron chi connectivity index (χ0n) is 14.2. The quantitative estimate of drug-likeness (QED) is 0.630. The van der Waals surface area contributed by atoms with Gasteiger partial charge in [-0.15, -0.1) is 0 Å². The average Bonchev–Trinajstić information content (AvgIpc) is 2.67. The first-order valence-corrected chi connectivity index (χ1v) is 8.50. The molecule has 0 radical (unpaired) electrons. The van der Waals surface area contributed by atoms with E-state index in [0.29, 0.717) is 48.6 Å². The lowest BCUT2D eigenvalue weighted by atomic mass is 10.1. The summed E-state index contributed by atoms with van der Waals surface area (Å²) in [4.78, 5) is 12.2. The van der Waals surface area contributed by atoms with Gasteiger partial charge >= 0.3 is 6.18 Å². The van der Waals surface area contributed by atoms with Crippen molar-refractivity contribution in [3.8, 4) is 0 Å². The third kappa shape index (κ3) is 3.39. The molecule has 3 aromatic rings. The number of hydrogen-bond donors (Lipinski definition) is 0. The third-order valence-corrected chi connectivity index (χ3v) is 4.71. The Morgan fingerprint density at radius 2 is 1.56 bits per heavy atom. The SMILES string of the molecule is Fc1cccc2ncnc(N3CCN(c4cccc(C(F)(F)F)c4)CC3)c12. The molecule has 1 fully saturated rings. The Labute approximate surface area is 153 Å². The van der Waals surface area contributed by atoms with Crippen LogP contribution in [0.2, 0.25) is 0 Å². The van der Waals surface area contributed by atoms with Gasteiger partial charge in [-0.25, -0.2) is 14.4 Å². The molecular weight excluding hydrogens is 360 g/mol. The lowest BCUT2D eigenvalue weighted by Crippen LogP contribution is -2.47. The Balaban J connectivity index is 1.55. The van der Waals surface area contributed by atoms with Crippen molar-refractivity contribution in [2.45, 2.75) is 6.18 Å². The first-order valence-electron chi connectivity index (χ1n) is 8.50. The Morgan fingerprint density at radius 1 is 0.852 bits per heavy atom. The molecule has 27 heavy (non-hydrogen) atoms. The summed E-state index contributed by atoms with van der Waals surface area (Å²) < 4.78 is 53.1. The molecule has 0 atom stereocenters. The predicted octanol–water partition coefficient (Wildman–Crippen LogP) is 4.11. The second-order valence-electron chi connectivity index (χ2n) is 6.35. The summed E-state index contributed by atoms with van der Waals surface area (Å²) in [7, 11) is 0. The maximum absolute atomic E-state index is 14.3. The molecule has 1 aromatic heterocycles. The molecule has 0 amide bonds. The van der Waals surface area contributed by atoms with E-state index in [4.69, 9.17) is 0 Å². The van der Waals surface area contributed by atoms with E-state index in [1.807, 2.05) is 9.80 Å². The summed E-state index contributed by atoms with van der Waals surface area (Å²) in [6.07, 6.45) is -2.97. The van der Waals surface area contributed by atoms with Gasteiger partial charge in [-0.2, -0.15) is 13.2 Å². The molecule has 2 heterocycles. The summed E-state index contributed by atoms with van der Waals surface area (Å²) in [5, 5.41) is 0.368. The predicted molar refractivity (Wildman–Crippen MR) is 95.4 cm³/mol. The van der Waals surface area contributed by atoms with E-state index in [2.05, 4.69) is 9.97 Å². The smallest absolute Gasteiger partial charge is 0.368 e. The maximum atomic E-state index is 14.3. The zero-order valence-corrected chi connectivity index (χ0v) is 14.2. The van der Waals surface area contributed by atoms with E-state index in [9.17, 15) is 17.6 Å². The number of anilines is 2. The van der Waals surface area contributed by atoms with Gasteiger partial charge in [0.05, 0.1) is 16.5 Å². The summed E-state index contributed by atoms with van der Waals surface area (Å²) in [6, 6.07) is 10.0. The van der Waals surface area contributed by atoms with Crippen LogP contribution in [0.3, 0.4) is 0 Å². The number of halogens is 4. The Hall–Kier alpha value is -2.90. The van der Waals surface area contributed by atoms with Crippen LogP contribution in [0, 0.1) is 5.82 Å². The second-order valence-corrected chi connectivity index (χ2v) is 6.35. The number of benzene rings is 2. The van der Waals surface area contributed by atoms with Crippen molar-refractivity contribution in [3.05, 3.63) is 60.2 Å². The van der Waals surface area contributed by atoms with Crippen molar-refractivity contribution >= 4 is 22.4 Å². The normalized spacial score (nSPS) is 15.4. The molecule has 4 nitrogen and oxygen atoms in total. The molecule has 0 saturated carbocycles. The minimum atomic E-state index is -4.37. The highest BCUT2D eigenvalue weighted by molar-refractivity contribution is 5.89. The van der Waals surface area contributed by atoms with Gasteiger partial charge < -0.3 is 9.80 Å². The van der Waals surface area contributed by atoms with Gasteiger partial charge in [0.2, 0.25) is 0 Å². The van der Waals surface area contributed by atoms with Crippen LogP contribution in [0.15, 0.2) is 48.8 Å². The van der Waals surface area contributed by atoms with Gasteiger partial charge in [0.1, 0.15) is 18.0 Å². The summed E-state index contributed by atoms with van der Waals surface area (Å²) in [5.74, 6) is 0.130. The summed E-state index contributed by atoms with van der Waals surface area (Å²) >= 11 is 0. The minimum Gasteiger partial charge on any atom is -0.368 e. The van der Waals surface area contributed by atoms with Crippen molar-refractivity contribution in [1.82, 2.24) is 9.97 Å². The van der Waals surface area contributed by atoms with Crippen molar-refractivity contribution in [3.63, 3.8) is 0 Å². The molecule has 2 aromatic carbocycles. The third-order valence-electron chi connectivity index (χ3n) is 4.71. The fourth-order valence-electron chi connectivity index (χ4n) is 3.35. The lowest BCUT2D eigenvalue weighted by Gasteiger charge is -2.37. The molecule has 4 rings (SSSR count). The summed E-state index contributed by atoms with van der Waals surface area (Å²) in [6.45, 7) is 2.08. The molecule has 0 N–H and O–H groups in total. The number of aromatic nitrogens is 2. The van der Waals surface area contributed by atoms with Gasteiger partial charge in [-0.3, -0.25) is 0 Å². The van der Waals surface area contributed by atoms with Crippen LogP contribution >= 0.6 is 0 Å². The van der Waals surface area contributed by atoms with Gasteiger partial charge in [-0.05, 0) is 30.3 Å². The molecule has 0 aliphatic carbocycles. The highest BCUT2D eigenvalue weighted by Crippen LogP contribution is 2.32. The molecule has 8 heteroatoms. The standard InChI is InChI=1S/C19H16F4N4/c20-15-5-2-6-16-17(15)18(25-12-24-16)27-9-7-26(8-10-27)14-4-1-3-13(11-14)19(21,22)23/h1-6,11-12H,7-10H2. The first kappa shape index (κ1) is 17.5. The second kappa shape index (κ2) is 6.68. The van der Waals surface area contributed by atoms with Crippen molar-refractivity contribution in [2.24, 2.45) is 0 Å². The monoisotopic (exact) mass is 376 g/mol. The largest absolute Gasteiger partial charge is 0.416 e. The highest BCUT2D eigenvalue weighted by atomic mass is 19.4. The Bertz CT molecular complexity index is 960. The van der Waals surface area contributed by atoms with Crippen LogP contribution in [0.1, 0.15) is 5.56 Å². The maximum Gasteiger partial charge on any atom is 0.416 e. The Kier molecular flexibility index (Phi) is 4.33. The molecule has 0 spiro atoms. The van der Waals surface area contributed by atoms with E-state index >= 15 is 0 Å². The van der Waals surface area contributed by atoms with E-state index in [1.165, 1.54) is 18.5 Å². The van der Waals surface area contributed by atoms with Crippen LogP contribution in [0.5, 0.6) is 0 Å². The molecule has 1 aliphatic rings. The van der Waals surface area contributed by atoms with Crippen molar-refractivity contribution in [2.75, 3.05) is 36.0 Å². The number of piperazine rings is 1. The van der Waals surface area contributed by atoms with Crippen molar-refractivity contribution in [1.29, 1.82) is 0 Å². The number of fused-ring (bicyclic) bond motifs is 1. The molecular formula is C19H16F4N4. The van der Waals surface area contributed by atoms with Gasteiger partial charge in [0.15, 0.2) is 0 Å².